The van der Waals surface area contributed by atoms with Crippen molar-refractivity contribution < 1.29 is 4.79 Å². The van der Waals surface area contributed by atoms with Gasteiger partial charge in [-0.1, -0.05) is 0 Å². The van der Waals surface area contributed by atoms with Gasteiger partial charge in [-0.15, -0.1) is 0 Å². The van der Waals surface area contributed by atoms with Crippen molar-refractivity contribution in [2.45, 2.75) is 39.2 Å². The van der Waals surface area contributed by atoms with E-state index in [4.69, 9.17) is 0 Å². The number of hydrogen-bond donors (Lipinski definition) is 2. The maximum Gasteiger partial charge on any atom is 0.217 e. The largest absolute Gasteiger partial charge is 0.349 e. The molecular weight excluding hydrogens is 178 g/mol. The molecule has 0 aromatic carbocycles. The summed E-state index contributed by atoms with van der Waals surface area (Å²) in [6, 6.07) is 0. The lowest BCUT2D eigenvalue weighted by Gasteiger charge is -2.07. The average molecular weight is 193 g/mol. The van der Waals surface area contributed by atoms with E-state index in [1.165, 1.54) is 31.2 Å². The van der Waals surface area contributed by atoms with Gasteiger partial charge in [-0.2, -0.15) is 0 Å². The number of nitrogens with one attached hydrogen (secondary N) is 2. The minimum Gasteiger partial charge on any atom is -0.349 e. The van der Waals surface area contributed by atoms with Crippen LogP contribution in [0.4, 0.5) is 0 Å². The third-order valence-corrected chi connectivity index (χ3v) is 2.51. The highest BCUT2D eigenvalue weighted by Crippen LogP contribution is 2.18. The van der Waals surface area contributed by atoms with Crippen LogP contribution in [0.2, 0.25) is 0 Å². The molecule has 0 bridgehead atoms. The molecule has 0 unspecified atom stereocenters. The molecule has 2 rings (SSSR count). The van der Waals surface area contributed by atoms with E-state index in [1.54, 1.807) is 0 Å². The lowest BCUT2D eigenvalue weighted by molar-refractivity contribution is -0.119. The first-order chi connectivity index (χ1) is 6.75. The van der Waals surface area contributed by atoms with E-state index in [1.807, 2.05) is 0 Å². The number of hydrogen-bond acceptors (Lipinski definition) is 2. The molecule has 0 radical (unpaired) electrons. The number of aromatic nitrogens is 2. The van der Waals surface area contributed by atoms with Gasteiger partial charge in [0.2, 0.25) is 5.91 Å². The second kappa shape index (κ2) is 3.82. The Morgan fingerprint density at radius 1 is 1.50 bits per heavy atom. The van der Waals surface area contributed by atoms with Crippen molar-refractivity contribution in [2.75, 3.05) is 0 Å². The van der Waals surface area contributed by atoms with Crippen molar-refractivity contribution in [1.29, 1.82) is 0 Å². The summed E-state index contributed by atoms with van der Waals surface area (Å²) < 4.78 is 0. The first kappa shape index (κ1) is 9.24. The lowest BCUT2D eigenvalue weighted by atomic mass is 10.0. The molecule has 0 saturated carbocycles. The van der Waals surface area contributed by atoms with E-state index >= 15 is 0 Å². The molecule has 0 spiro atoms. The van der Waals surface area contributed by atoms with E-state index in [0.29, 0.717) is 6.54 Å². The first-order valence-corrected chi connectivity index (χ1v) is 5.07. The Morgan fingerprint density at radius 2 is 2.29 bits per heavy atom. The fourth-order valence-electron chi connectivity index (χ4n) is 1.80. The number of fused-ring (bicyclic) bond motifs is 1. The van der Waals surface area contributed by atoms with Crippen LogP contribution in [0, 0.1) is 0 Å². The highest BCUT2D eigenvalue weighted by molar-refractivity contribution is 5.72. The molecule has 76 valence electrons. The maximum absolute atomic E-state index is 10.7. The summed E-state index contributed by atoms with van der Waals surface area (Å²) in [4.78, 5) is 18.4. The molecule has 1 aliphatic rings. The van der Waals surface area contributed by atoms with E-state index in [0.717, 1.165) is 18.7 Å². The van der Waals surface area contributed by atoms with Crippen LogP contribution >= 0.6 is 0 Å². The van der Waals surface area contributed by atoms with Crippen LogP contribution in [-0.4, -0.2) is 15.9 Å². The van der Waals surface area contributed by atoms with Gasteiger partial charge in [0.05, 0.1) is 12.2 Å². The zero-order chi connectivity index (χ0) is 9.97. The summed E-state index contributed by atoms with van der Waals surface area (Å²) in [6.07, 6.45) is 4.65. The number of aromatic amines is 1. The molecule has 1 aliphatic carbocycles. The van der Waals surface area contributed by atoms with Crippen LogP contribution in [0.15, 0.2) is 0 Å². The fraction of sp³-hybridized carbons (Fsp3) is 0.600. The zero-order valence-electron chi connectivity index (χ0n) is 8.39. The number of imidazole rings is 1. The van der Waals surface area contributed by atoms with Crippen LogP contribution in [-0.2, 0) is 24.2 Å². The van der Waals surface area contributed by atoms with Crippen molar-refractivity contribution in [1.82, 2.24) is 15.3 Å². The molecule has 0 fully saturated rings. The van der Waals surface area contributed by atoms with Crippen molar-refractivity contribution in [3.8, 4) is 0 Å². The summed E-state index contributed by atoms with van der Waals surface area (Å²) in [5.74, 6) is 0.867. The molecule has 0 atom stereocenters. The SMILES string of the molecule is CC(=O)NCc1nc2c([nH]1)CCCC2. The highest BCUT2D eigenvalue weighted by Gasteiger charge is 2.13. The number of rotatable bonds is 2. The molecular formula is C10H15N3O. The molecule has 1 heterocycles. The highest BCUT2D eigenvalue weighted by atomic mass is 16.1. The van der Waals surface area contributed by atoms with Gasteiger partial charge < -0.3 is 10.3 Å². The summed E-state index contributed by atoms with van der Waals surface area (Å²) in [6.45, 7) is 2.03. The van der Waals surface area contributed by atoms with Crippen LogP contribution in [0.3, 0.4) is 0 Å². The monoisotopic (exact) mass is 193 g/mol. The number of H-pyrrole nitrogens is 1. The topological polar surface area (TPSA) is 57.8 Å². The molecule has 0 saturated heterocycles. The van der Waals surface area contributed by atoms with Crippen LogP contribution in [0.25, 0.3) is 0 Å². The quantitative estimate of drug-likeness (QED) is 0.734. The van der Waals surface area contributed by atoms with Crippen LogP contribution in [0.5, 0.6) is 0 Å². The Labute approximate surface area is 83.1 Å². The Bertz CT molecular complexity index is 320. The molecule has 4 nitrogen and oxygen atoms in total. The van der Waals surface area contributed by atoms with Gasteiger partial charge in [0.1, 0.15) is 5.82 Å². The third kappa shape index (κ3) is 1.95. The molecule has 1 aromatic rings. The molecule has 1 aromatic heterocycles. The number of nitrogens with zero attached hydrogens (tertiary/aromatic N) is 1. The molecule has 4 heteroatoms. The molecule has 1 amide bonds. The van der Waals surface area contributed by atoms with E-state index in [-0.39, 0.29) is 5.91 Å². The summed E-state index contributed by atoms with van der Waals surface area (Å²) in [7, 11) is 0. The fourth-order valence-corrected chi connectivity index (χ4v) is 1.80. The van der Waals surface area contributed by atoms with Crippen molar-refractivity contribution in [2.24, 2.45) is 0 Å². The second-order valence-corrected chi connectivity index (χ2v) is 3.73. The van der Waals surface area contributed by atoms with E-state index in [2.05, 4.69) is 15.3 Å². The number of amides is 1. The van der Waals surface area contributed by atoms with E-state index in [9.17, 15) is 4.79 Å². The predicted molar refractivity (Wildman–Crippen MR) is 52.8 cm³/mol. The van der Waals surface area contributed by atoms with E-state index < -0.39 is 0 Å². The number of carbonyl (C=O) groups excluding carboxylic acids is 1. The Hall–Kier alpha value is -1.32. The van der Waals surface area contributed by atoms with Crippen LogP contribution < -0.4 is 5.32 Å². The Balaban J connectivity index is 2.04. The van der Waals surface area contributed by atoms with Gasteiger partial charge in [-0.3, -0.25) is 4.79 Å². The molecule has 2 N–H and O–H groups in total. The zero-order valence-corrected chi connectivity index (χ0v) is 8.39. The van der Waals surface area contributed by atoms with Gasteiger partial charge in [-0.05, 0) is 25.7 Å². The summed E-state index contributed by atoms with van der Waals surface area (Å²) in [5.41, 5.74) is 2.45. The van der Waals surface area contributed by atoms with Crippen molar-refractivity contribution >= 4 is 5.91 Å². The van der Waals surface area contributed by atoms with Crippen LogP contribution in [0.1, 0.15) is 37.0 Å². The smallest absolute Gasteiger partial charge is 0.217 e. The third-order valence-electron chi connectivity index (χ3n) is 2.51. The van der Waals surface area contributed by atoms with Gasteiger partial charge in [0.15, 0.2) is 0 Å². The Kier molecular flexibility index (Phi) is 2.52. The van der Waals surface area contributed by atoms with Gasteiger partial charge in [-0.25, -0.2) is 4.98 Å². The van der Waals surface area contributed by atoms with Crippen molar-refractivity contribution in [3.63, 3.8) is 0 Å². The van der Waals surface area contributed by atoms with Crippen molar-refractivity contribution in [3.05, 3.63) is 17.2 Å². The lowest BCUT2D eigenvalue weighted by Crippen LogP contribution is -2.19. The minimum atomic E-state index is -0.0145. The normalized spacial score (nSPS) is 14.9. The summed E-state index contributed by atoms with van der Waals surface area (Å²) >= 11 is 0. The van der Waals surface area contributed by atoms with Gasteiger partial charge in [0, 0.05) is 12.6 Å². The Morgan fingerprint density at radius 3 is 3.00 bits per heavy atom. The van der Waals surface area contributed by atoms with Gasteiger partial charge >= 0.3 is 0 Å². The maximum atomic E-state index is 10.7. The number of carbonyl (C=O) groups is 1. The molecule has 0 aliphatic heterocycles. The second-order valence-electron chi connectivity index (χ2n) is 3.73. The molecule has 14 heavy (non-hydrogen) atoms. The number of aryl methyl sites for hydroxylation is 2. The minimum absolute atomic E-state index is 0.0145. The predicted octanol–water partition coefficient (Wildman–Crippen LogP) is 0.925. The van der Waals surface area contributed by atoms with Gasteiger partial charge in [0.25, 0.3) is 0 Å². The summed E-state index contributed by atoms with van der Waals surface area (Å²) in [5, 5.41) is 2.74. The first-order valence-electron chi connectivity index (χ1n) is 5.07. The average Bonchev–Trinajstić information content (AvgIpc) is 2.57. The standard InChI is InChI=1S/C10H15N3O/c1-7(14)11-6-10-12-8-4-2-3-5-9(8)13-10/h2-6H2,1H3,(H,11,14)(H,12,13).